The van der Waals surface area contributed by atoms with Gasteiger partial charge in [-0.15, -0.1) is 0 Å². The Balaban J connectivity index is 2.11. The van der Waals surface area contributed by atoms with Gasteiger partial charge < -0.3 is 14.7 Å². The lowest BCUT2D eigenvalue weighted by Gasteiger charge is -2.47. The Labute approximate surface area is 112 Å². The van der Waals surface area contributed by atoms with E-state index >= 15 is 0 Å². The van der Waals surface area contributed by atoms with Gasteiger partial charge in [0.2, 0.25) is 0 Å². The minimum Gasteiger partial charge on any atom is -0.391 e. The second-order valence-corrected chi connectivity index (χ2v) is 6.33. The molecule has 2 unspecified atom stereocenters. The Morgan fingerprint density at radius 2 is 1.78 bits per heavy atom. The van der Waals surface area contributed by atoms with Crippen LogP contribution in [-0.2, 0) is 4.74 Å². The lowest BCUT2D eigenvalue weighted by atomic mass is 9.76. The topological polar surface area (TPSA) is 32.7 Å². The molecule has 1 saturated heterocycles. The zero-order valence-electron chi connectivity index (χ0n) is 12.0. The van der Waals surface area contributed by atoms with Crippen LogP contribution >= 0.6 is 0 Å². The number of likely N-dealkylation sites (N-methyl/N-ethyl adjacent to an activating group) is 1. The van der Waals surface area contributed by atoms with Crippen LogP contribution in [0.5, 0.6) is 0 Å². The molecule has 0 amide bonds. The van der Waals surface area contributed by atoms with Gasteiger partial charge >= 0.3 is 0 Å². The predicted molar refractivity (Wildman–Crippen MR) is 73.7 cm³/mol. The maximum atomic E-state index is 10.9. The van der Waals surface area contributed by atoms with Crippen LogP contribution in [0.2, 0.25) is 0 Å². The third kappa shape index (κ3) is 2.89. The Morgan fingerprint density at radius 1 is 1.11 bits per heavy atom. The molecule has 1 aliphatic carbocycles. The molecule has 18 heavy (non-hydrogen) atoms. The van der Waals surface area contributed by atoms with Crippen molar-refractivity contribution in [3.8, 4) is 0 Å². The molecule has 0 aromatic carbocycles. The van der Waals surface area contributed by atoms with Gasteiger partial charge in [0, 0.05) is 18.1 Å². The molecule has 0 bridgehead atoms. The van der Waals surface area contributed by atoms with Crippen molar-refractivity contribution in [1.82, 2.24) is 4.90 Å². The van der Waals surface area contributed by atoms with Crippen LogP contribution in [0.4, 0.5) is 0 Å². The average molecular weight is 255 g/mol. The molecule has 1 saturated carbocycles. The van der Waals surface area contributed by atoms with Gasteiger partial charge in [0.25, 0.3) is 0 Å². The second-order valence-electron chi connectivity index (χ2n) is 6.33. The minimum atomic E-state index is -0.231. The van der Waals surface area contributed by atoms with E-state index in [-0.39, 0.29) is 11.6 Å². The van der Waals surface area contributed by atoms with Crippen molar-refractivity contribution in [2.45, 2.75) is 63.0 Å². The third-order valence-corrected chi connectivity index (χ3v) is 5.05. The predicted octanol–water partition coefficient (Wildman–Crippen LogP) is 2.43. The normalized spacial score (nSPS) is 31.0. The van der Waals surface area contributed by atoms with E-state index in [1.807, 2.05) is 0 Å². The van der Waals surface area contributed by atoms with Crippen LogP contribution in [0, 0.1) is 5.92 Å². The van der Waals surface area contributed by atoms with Crippen LogP contribution in [0.15, 0.2) is 0 Å². The fourth-order valence-electron chi connectivity index (χ4n) is 3.80. The molecule has 1 N–H and O–H groups in total. The Bertz CT molecular complexity index is 241. The van der Waals surface area contributed by atoms with Crippen molar-refractivity contribution >= 4 is 0 Å². The number of hydrogen-bond acceptors (Lipinski definition) is 3. The van der Waals surface area contributed by atoms with Gasteiger partial charge in [-0.1, -0.05) is 25.7 Å². The molecule has 106 valence electrons. The Hall–Kier alpha value is -0.120. The van der Waals surface area contributed by atoms with Gasteiger partial charge in [0.05, 0.1) is 12.7 Å². The van der Waals surface area contributed by atoms with Crippen LogP contribution in [0.3, 0.4) is 0 Å². The standard InChI is InChI=1S/C15H29NO2/c1-16(2)15(9-5-3-4-6-10-15)14(17)13-8-7-11-18-12-13/h13-14,17H,3-12H2,1-2H3. The first-order valence-corrected chi connectivity index (χ1v) is 7.60. The molecule has 0 radical (unpaired) electrons. The van der Waals surface area contributed by atoms with Crippen LogP contribution < -0.4 is 0 Å². The van der Waals surface area contributed by atoms with E-state index in [9.17, 15) is 5.11 Å². The van der Waals surface area contributed by atoms with Gasteiger partial charge in [-0.25, -0.2) is 0 Å². The van der Waals surface area contributed by atoms with Crippen molar-refractivity contribution in [3.05, 3.63) is 0 Å². The summed E-state index contributed by atoms with van der Waals surface area (Å²) >= 11 is 0. The molecule has 1 aliphatic heterocycles. The first-order chi connectivity index (χ1) is 8.67. The van der Waals surface area contributed by atoms with E-state index in [1.165, 1.54) is 25.7 Å². The summed E-state index contributed by atoms with van der Waals surface area (Å²) in [7, 11) is 4.27. The summed E-state index contributed by atoms with van der Waals surface area (Å²) in [5.74, 6) is 0.333. The summed E-state index contributed by atoms with van der Waals surface area (Å²) in [6, 6.07) is 0. The zero-order chi connectivity index (χ0) is 13.0. The number of nitrogens with zero attached hydrogens (tertiary/aromatic N) is 1. The van der Waals surface area contributed by atoms with Crippen LogP contribution in [0.1, 0.15) is 51.4 Å². The number of ether oxygens (including phenoxy) is 1. The fourth-order valence-corrected chi connectivity index (χ4v) is 3.80. The smallest absolute Gasteiger partial charge is 0.0773 e. The van der Waals surface area contributed by atoms with Crippen molar-refractivity contribution in [1.29, 1.82) is 0 Å². The van der Waals surface area contributed by atoms with Gasteiger partial charge in [-0.05, 0) is 39.8 Å². The molecular formula is C15H29NO2. The van der Waals surface area contributed by atoms with Crippen molar-refractivity contribution in [2.24, 2.45) is 5.92 Å². The van der Waals surface area contributed by atoms with E-state index in [0.29, 0.717) is 5.92 Å². The molecule has 2 atom stereocenters. The number of hydrogen-bond donors (Lipinski definition) is 1. The highest BCUT2D eigenvalue weighted by molar-refractivity contribution is 4.98. The summed E-state index contributed by atoms with van der Waals surface area (Å²) in [6.45, 7) is 1.62. The summed E-state index contributed by atoms with van der Waals surface area (Å²) in [5, 5.41) is 10.9. The maximum absolute atomic E-state index is 10.9. The third-order valence-electron chi connectivity index (χ3n) is 5.05. The summed E-state index contributed by atoms with van der Waals surface area (Å²) < 4.78 is 5.57. The second kappa shape index (κ2) is 6.36. The van der Waals surface area contributed by atoms with Gasteiger partial charge in [0.1, 0.15) is 0 Å². The highest BCUT2D eigenvalue weighted by atomic mass is 16.5. The Morgan fingerprint density at radius 3 is 2.28 bits per heavy atom. The molecule has 1 heterocycles. The number of aliphatic hydroxyl groups excluding tert-OH is 1. The van der Waals surface area contributed by atoms with E-state index in [0.717, 1.165) is 38.9 Å². The Kier molecular flexibility index (Phi) is 5.05. The molecule has 2 aliphatic rings. The first-order valence-electron chi connectivity index (χ1n) is 7.60. The summed E-state index contributed by atoms with van der Waals surface area (Å²) in [6.07, 6.45) is 9.42. The molecular weight excluding hydrogens is 226 g/mol. The first kappa shape index (κ1) is 14.3. The van der Waals surface area contributed by atoms with E-state index < -0.39 is 0 Å². The molecule has 0 aromatic heterocycles. The molecule has 2 rings (SSSR count). The highest BCUT2D eigenvalue weighted by Crippen LogP contribution is 2.38. The van der Waals surface area contributed by atoms with Crippen molar-refractivity contribution < 1.29 is 9.84 Å². The maximum Gasteiger partial charge on any atom is 0.0773 e. The van der Waals surface area contributed by atoms with Crippen LogP contribution in [-0.4, -0.2) is 49.0 Å². The van der Waals surface area contributed by atoms with E-state index in [1.54, 1.807) is 0 Å². The fraction of sp³-hybridized carbons (Fsp3) is 1.00. The quantitative estimate of drug-likeness (QED) is 0.786. The average Bonchev–Trinajstić information content (AvgIpc) is 2.65. The van der Waals surface area contributed by atoms with Gasteiger partial charge in [-0.2, -0.15) is 0 Å². The SMILES string of the molecule is CN(C)C1(C(O)C2CCCOC2)CCCCCC1. The van der Waals surface area contributed by atoms with E-state index in [4.69, 9.17) is 4.74 Å². The monoisotopic (exact) mass is 255 g/mol. The van der Waals surface area contributed by atoms with Gasteiger partial charge in [0.15, 0.2) is 0 Å². The molecule has 2 fully saturated rings. The minimum absolute atomic E-state index is 0.0120. The van der Waals surface area contributed by atoms with Crippen molar-refractivity contribution in [3.63, 3.8) is 0 Å². The van der Waals surface area contributed by atoms with Gasteiger partial charge in [-0.3, -0.25) is 0 Å². The van der Waals surface area contributed by atoms with Crippen LogP contribution in [0.25, 0.3) is 0 Å². The number of aliphatic hydroxyl groups is 1. The molecule has 0 aromatic rings. The summed E-state index contributed by atoms with van der Waals surface area (Å²) in [4.78, 5) is 2.29. The lowest BCUT2D eigenvalue weighted by Crippen LogP contribution is -2.57. The number of rotatable bonds is 3. The molecule has 0 spiro atoms. The van der Waals surface area contributed by atoms with E-state index in [2.05, 4.69) is 19.0 Å². The highest BCUT2D eigenvalue weighted by Gasteiger charge is 2.44. The zero-order valence-corrected chi connectivity index (χ0v) is 12.0. The summed E-state index contributed by atoms with van der Waals surface area (Å²) in [5.41, 5.74) is -0.0120. The lowest BCUT2D eigenvalue weighted by molar-refractivity contribution is -0.0878. The van der Waals surface area contributed by atoms with Crippen molar-refractivity contribution in [2.75, 3.05) is 27.3 Å². The molecule has 3 nitrogen and oxygen atoms in total. The molecule has 3 heteroatoms. The largest absolute Gasteiger partial charge is 0.391 e.